The van der Waals surface area contributed by atoms with Crippen LogP contribution in [-0.2, 0) is 18.1 Å². The second-order valence-electron chi connectivity index (χ2n) is 3.39. The highest BCUT2D eigenvalue weighted by Crippen LogP contribution is 2.16. The van der Waals surface area contributed by atoms with Crippen LogP contribution in [0.2, 0.25) is 0 Å². The van der Waals surface area contributed by atoms with E-state index in [4.69, 9.17) is 4.42 Å². The molecule has 86 valence electrons. The predicted octanol–water partition coefficient (Wildman–Crippen LogP) is 2.11. The number of tetrazole rings is 1. The highest BCUT2D eigenvalue weighted by Gasteiger charge is 2.05. The molecule has 0 aliphatic rings. The largest absolute Gasteiger partial charge is 0.468 e. The number of furan rings is 1. The van der Waals surface area contributed by atoms with Crippen molar-refractivity contribution in [1.29, 1.82) is 0 Å². The SMILES string of the molecule is CCCn1nnnc1CSCc1ccco1. The molecule has 2 rings (SSSR count). The maximum Gasteiger partial charge on any atom is 0.161 e. The molecule has 0 saturated carbocycles. The summed E-state index contributed by atoms with van der Waals surface area (Å²) in [6.07, 6.45) is 2.73. The Bertz CT molecular complexity index is 412. The van der Waals surface area contributed by atoms with Crippen molar-refractivity contribution in [3.05, 3.63) is 30.0 Å². The third kappa shape index (κ3) is 2.85. The summed E-state index contributed by atoms with van der Waals surface area (Å²) in [5, 5.41) is 11.6. The van der Waals surface area contributed by atoms with Gasteiger partial charge in [0, 0.05) is 6.54 Å². The van der Waals surface area contributed by atoms with Crippen molar-refractivity contribution in [3.8, 4) is 0 Å². The van der Waals surface area contributed by atoms with Gasteiger partial charge in [0.05, 0.1) is 17.8 Å². The van der Waals surface area contributed by atoms with Crippen LogP contribution in [0.3, 0.4) is 0 Å². The van der Waals surface area contributed by atoms with E-state index in [9.17, 15) is 0 Å². The maximum absolute atomic E-state index is 5.25. The van der Waals surface area contributed by atoms with E-state index < -0.39 is 0 Å². The van der Waals surface area contributed by atoms with Crippen LogP contribution in [0.25, 0.3) is 0 Å². The minimum absolute atomic E-state index is 0.813. The Kier molecular flexibility index (Phi) is 3.98. The van der Waals surface area contributed by atoms with Crippen molar-refractivity contribution >= 4 is 11.8 Å². The molecule has 0 bridgehead atoms. The fraction of sp³-hybridized carbons (Fsp3) is 0.500. The van der Waals surface area contributed by atoms with Crippen LogP contribution in [0, 0.1) is 0 Å². The minimum Gasteiger partial charge on any atom is -0.468 e. The van der Waals surface area contributed by atoms with Crippen LogP contribution >= 0.6 is 11.8 Å². The summed E-state index contributed by atoms with van der Waals surface area (Å²) in [7, 11) is 0. The summed E-state index contributed by atoms with van der Waals surface area (Å²) in [6, 6.07) is 3.87. The summed E-state index contributed by atoms with van der Waals surface area (Å²) in [6.45, 7) is 2.99. The second kappa shape index (κ2) is 5.69. The number of aryl methyl sites for hydroxylation is 1. The van der Waals surface area contributed by atoms with Gasteiger partial charge in [-0.1, -0.05) is 6.92 Å². The second-order valence-corrected chi connectivity index (χ2v) is 4.38. The quantitative estimate of drug-likeness (QED) is 0.771. The van der Waals surface area contributed by atoms with E-state index in [1.165, 1.54) is 0 Å². The van der Waals surface area contributed by atoms with Crippen molar-refractivity contribution in [3.63, 3.8) is 0 Å². The molecule has 2 aromatic heterocycles. The van der Waals surface area contributed by atoms with Crippen molar-refractivity contribution in [2.75, 3.05) is 0 Å². The Morgan fingerprint density at radius 1 is 1.44 bits per heavy atom. The predicted molar refractivity (Wildman–Crippen MR) is 61.8 cm³/mol. The zero-order chi connectivity index (χ0) is 11.2. The fourth-order valence-corrected chi connectivity index (χ4v) is 2.21. The van der Waals surface area contributed by atoms with Crippen molar-refractivity contribution in [2.45, 2.75) is 31.4 Å². The minimum atomic E-state index is 0.813. The van der Waals surface area contributed by atoms with Gasteiger partial charge in [-0.15, -0.1) is 16.9 Å². The van der Waals surface area contributed by atoms with Crippen LogP contribution in [0.4, 0.5) is 0 Å². The number of aromatic nitrogens is 4. The number of thioether (sulfide) groups is 1. The van der Waals surface area contributed by atoms with Crippen LogP contribution in [0.1, 0.15) is 24.9 Å². The van der Waals surface area contributed by atoms with Crippen molar-refractivity contribution in [1.82, 2.24) is 20.2 Å². The molecule has 0 atom stereocenters. The molecule has 2 heterocycles. The molecule has 0 N–H and O–H groups in total. The van der Waals surface area contributed by atoms with Gasteiger partial charge in [0.25, 0.3) is 0 Å². The maximum atomic E-state index is 5.25. The Labute approximate surface area is 98.2 Å². The molecule has 0 aliphatic heterocycles. The van der Waals surface area contributed by atoms with Gasteiger partial charge in [0.2, 0.25) is 0 Å². The van der Waals surface area contributed by atoms with E-state index in [2.05, 4.69) is 22.4 Å². The molecular formula is C10H14N4OS. The summed E-state index contributed by atoms with van der Waals surface area (Å²) < 4.78 is 7.11. The molecular weight excluding hydrogens is 224 g/mol. The number of nitrogens with zero attached hydrogens (tertiary/aromatic N) is 4. The molecule has 0 radical (unpaired) electrons. The molecule has 6 heteroatoms. The molecule has 0 unspecified atom stereocenters. The normalized spacial score (nSPS) is 10.8. The van der Waals surface area contributed by atoms with Crippen molar-refractivity contribution in [2.24, 2.45) is 0 Å². The lowest BCUT2D eigenvalue weighted by molar-refractivity contribution is 0.530. The molecule has 0 aromatic carbocycles. The van der Waals surface area contributed by atoms with Crippen LogP contribution < -0.4 is 0 Å². The molecule has 0 amide bonds. The first-order chi connectivity index (χ1) is 7.90. The number of hydrogen-bond acceptors (Lipinski definition) is 5. The monoisotopic (exact) mass is 238 g/mol. The van der Waals surface area contributed by atoms with E-state index >= 15 is 0 Å². The van der Waals surface area contributed by atoms with E-state index in [0.717, 1.165) is 36.1 Å². The first-order valence-corrected chi connectivity index (χ1v) is 6.40. The topological polar surface area (TPSA) is 56.7 Å². The van der Waals surface area contributed by atoms with Gasteiger partial charge in [-0.3, -0.25) is 0 Å². The number of hydrogen-bond donors (Lipinski definition) is 0. The zero-order valence-corrected chi connectivity index (χ0v) is 9.98. The molecule has 0 spiro atoms. The summed E-state index contributed by atoms with van der Waals surface area (Å²) >= 11 is 1.75. The molecule has 2 aromatic rings. The van der Waals surface area contributed by atoms with Gasteiger partial charge in [-0.2, -0.15) is 0 Å². The zero-order valence-electron chi connectivity index (χ0n) is 9.17. The Morgan fingerprint density at radius 2 is 2.38 bits per heavy atom. The Balaban J connectivity index is 1.82. The molecule has 16 heavy (non-hydrogen) atoms. The van der Waals surface area contributed by atoms with E-state index in [0.29, 0.717) is 0 Å². The van der Waals surface area contributed by atoms with Gasteiger partial charge in [0.15, 0.2) is 5.82 Å². The first-order valence-electron chi connectivity index (χ1n) is 5.25. The average Bonchev–Trinajstić information content (AvgIpc) is 2.91. The van der Waals surface area contributed by atoms with Gasteiger partial charge in [0.1, 0.15) is 5.76 Å². The van der Waals surface area contributed by atoms with Gasteiger partial charge in [-0.25, -0.2) is 4.68 Å². The lowest BCUT2D eigenvalue weighted by atomic mass is 10.5. The lowest BCUT2D eigenvalue weighted by Crippen LogP contribution is -2.04. The standard InChI is InChI=1S/C10H14N4OS/c1-2-5-14-10(11-12-13-14)8-16-7-9-4-3-6-15-9/h3-4,6H,2,5,7-8H2,1H3. The molecule has 5 nitrogen and oxygen atoms in total. The van der Waals surface area contributed by atoms with Crippen LogP contribution in [0.15, 0.2) is 22.8 Å². The lowest BCUT2D eigenvalue weighted by Gasteiger charge is -2.01. The van der Waals surface area contributed by atoms with Crippen LogP contribution in [0.5, 0.6) is 0 Å². The van der Waals surface area contributed by atoms with Gasteiger partial charge in [-0.05, 0) is 29.0 Å². The highest BCUT2D eigenvalue weighted by molar-refractivity contribution is 7.97. The van der Waals surface area contributed by atoms with Gasteiger partial charge < -0.3 is 4.42 Å². The van der Waals surface area contributed by atoms with E-state index in [1.54, 1.807) is 18.0 Å². The molecule has 0 fully saturated rings. The third-order valence-electron chi connectivity index (χ3n) is 2.10. The summed E-state index contributed by atoms with van der Waals surface area (Å²) in [5.41, 5.74) is 0. The first kappa shape index (κ1) is 11.2. The molecule has 0 saturated heterocycles. The number of rotatable bonds is 6. The third-order valence-corrected chi connectivity index (χ3v) is 3.05. The van der Waals surface area contributed by atoms with Crippen molar-refractivity contribution < 1.29 is 4.42 Å². The summed E-state index contributed by atoms with van der Waals surface area (Å²) in [5.74, 6) is 3.58. The Hall–Kier alpha value is -1.30. The Morgan fingerprint density at radius 3 is 3.12 bits per heavy atom. The summed E-state index contributed by atoms with van der Waals surface area (Å²) in [4.78, 5) is 0. The fourth-order valence-electron chi connectivity index (χ4n) is 1.35. The van der Waals surface area contributed by atoms with Crippen LogP contribution in [-0.4, -0.2) is 20.2 Å². The van der Waals surface area contributed by atoms with Gasteiger partial charge >= 0.3 is 0 Å². The molecule has 0 aliphatic carbocycles. The van der Waals surface area contributed by atoms with E-state index in [-0.39, 0.29) is 0 Å². The highest BCUT2D eigenvalue weighted by atomic mass is 32.2. The van der Waals surface area contributed by atoms with E-state index in [1.807, 2.05) is 16.8 Å². The average molecular weight is 238 g/mol. The smallest absolute Gasteiger partial charge is 0.161 e.